The quantitative estimate of drug-likeness (QED) is 0.947. The summed E-state index contributed by atoms with van der Waals surface area (Å²) in [6, 6.07) is 8.01. The largest absolute Gasteiger partial charge is 0.361 e. The van der Waals surface area contributed by atoms with Crippen LogP contribution in [0.5, 0.6) is 0 Å². The number of urea groups is 1. The topological polar surface area (TPSA) is 58.4 Å². The Morgan fingerprint density at radius 2 is 2.32 bits per heavy atom. The Balaban J connectivity index is 1.65. The Kier molecular flexibility index (Phi) is 4.09. The van der Waals surface area contributed by atoms with Gasteiger partial charge in [-0.1, -0.05) is 23.4 Å². The van der Waals surface area contributed by atoms with Crippen LogP contribution in [0.15, 0.2) is 34.9 Å². The first-order valence-electron chi connectivity index (χ1n) is 7.36. The van der Waals surface area contributed by atoms with Crippen LogP contribution in [0.2, 0.25) is 0 Å². The maximum Gasteiger partial charge on any atom is 0.318 e. The normalized spacial score (nSPS) is 17.7. The molecule has 2 amide bonds. The van der Waals surface area contributed by atoms with Gasteiger partial charge in [-0.2, -0.15) is 0 Å². The molecule has 1 aliphatic rings. The third-order valence-electron chi connectivity index (χ3n) is 3.89. The minimum Gasteiger partial charge on any atom is -0.361 e. The van der Waals surface area contributed by atoms with Crippen LogP contribution in [0.1, 0.15) is 35.9 Å². The van der Waals surface area contributed by atoms with E-state index >= 15 is 0 Å². The summed E-state index contributed by atoms with van der Waals surface area (Å²) in [6.07, 6.45) is 1.78. The summed E-state index contributed by atoms with van der Waals surface area (Å²) in [5.41, 5.74) is 1.25. The van der Waals surface area contributed by atoms with Gasteiger partial charge in [0.2, 0.25) is 0 Å². The lowest BCUT2D eigenvalue weighted by molar-refractivity contribution is 0.190. The van der Waals surface area contributed by atoms with Crippen LogP contribution in [0, 0.1) is 12.7 Å². The fraction of sp³-hybridized carbons (Fsp3) is 0.375. The number of nitrogens with zero attached hydrogens (tertiary/aromatic N) is 2. The molecule has 0 radical (unpaired) electrons. The van der Waals surface area contributed by atoms with Crippen molar-refractivity contribution in [3.8, 4) is 0 Å². The van der Waals surface area contributed by atoms with E-state index in [0.717, 1.165) is 24.3 Å². The molecule has 5 nitrogen and oxygen atoms in total. The Hall–Kier alpha value is -2.37. The van der Waals surface area contributed by atoms with Gasteiger partial charge in [0.05, 0.1) is 6.04 Å². The maximum atomic E-state index is 13.6. The molecule has 0 unspecified atom stereocenters. The lowest BCUT2D eigenvalue weighted by atomic mass is 10.1. The molecule has 1 aliphatic heterocycles. The lowest BCUT2D eigenvalue weighted by Gasteiger charge is -2.23. The third kappa shape index (κ3) is 2.95. The van der Waals surface area contributed by atoms with Crippen molar-refractivity contribution < 1.29 is 13.7 Å². The van der Waals surface area contributed by atoms with Crippen LogP contribution < -0.4 is 5.32 Å². The van der Waals surface area contributed by atoms with Crippen LogP contribution in [0.3, 0.4) is 0 Å². The van der Waals surface area contributed by atoms with Crippen LogP contribution in [-0.4, -0.2) is 22.6 Å². The molecule has 1 N–H and O–H groups in total. The molecule has 0 aliphatic carbocycles. The van der Waals surface area contributed by atoms with Crippen molar-refractivity contribution in [3.63, 3.8) is 0 Å². The summed E-state index contributed by atoms with van der Waals surface area (Å²) in [7, 11) is 0. The number of amides is 2. The van der Waals surface area contributed by atoms with Gasteiger partial charge in [-0.25, -0.2) is 9.18 Å². The first kappa shape index (κ1) is 14.6. The van der Waals surface area contributed by atoms with Crippen molar-refractivity contribution in [3.05, 3.63) is 53.2 Å². The highest BCUT2D eigenvalue weighted by molar-refractivity contribution is 5.75. The zero-order chi connectivity index (χ0) is 15.5. The second-order valence-electron chi connectivity index (χ2n) is 5.46. The molecule has 0 spiro atoms. The number of likely N-dealkylation sites (tertiary alicyclic amines) is 1. The molecular formula is C16H18FN3O2. The number of hydrogen-bond acceptors (Lipinski definition) is 3. The molecule has 1 saturated heterocycles. The second-order valence-corrected chi connectivity index (χ2v) is 5.46. The summed E-state index contributed by atoms with van der Waals surface area (Å²) in [6.45, 7) is 2.67. The first-order valence-corrected chi connectivity index (χ1v) is 7.36. The fourth-order valence-electron chi connectivity index (χ4n) is 2.77. The van der Waals surface area contributed by atoms with Gasteiger partial charge >= 0.3 is 6.03 Å². The maximum absolute atomic E-state index is 13.6. The zero-order valence-corrected chi connectivity index (χ0v) is 12.4. The Morgan fingerprint density at radius 3 is 3.05 bits per heavy atom. The molecule has 3 rings (SSSR count). The molecular weight excluding hydrogens is 285 g/mol. The monoisotopic (exact) mass is 303 g/mol. The molecule has 1 atom stereocenters. The zero-order valence-electron chi connectivity index (χ0n) is 12.4. The number of benzene rings is 1. The van der Waals surface area contributed by atoms with Crippen LogP contribution in [0.4, 0.5) is 9.18 Å². The molecule has 1 aromatic heterocycles. The minimum atomic E-state index is -0.312. The smallest absolute Gasteiger partial charge is 0.318 e. The van der Waals surface area contributed by atoms with E-state index in [1.807, 2.05) is 13.0 Å². The molecule has 2 aromatic rings. The van der Waals surface area contributed by atoms with Crippen LogP contribution in [-0.2, 0) is 6.54 Å². The highest BCUT2D eigenvalue weighted by Crippen LogP contribution is 2.31. The average Bonchev–Trinajstić information content (AvgIpc) is 3.14. The van der Waals surface area contributed by atoms with Crippen molar-refractivity contribution in [2.75, 3.05) is 6.54 Å². The van der Waals surface area contributed by atoms with E-state index in [2.05, 4.69) is 10.5 Å². The van der Waals surface area contributed by atoms with E-state index in [0.29, 0.717) is 12.1 Å². The van der Waals surface area contributed by atoms with Gasteiger partial charge in [0.1, 0.15) is 17.3 Å². The van der Waals surface area contributed by atoms with Crippen molar-refractivity contribution in [2.24, 2.45) is 0 Å². The second kappa shape index (κ2) is 6.17. The standard InChI is InChI=1S/C16H18FN3O2/c1-11-9-14(19-22-11)15-7-4-8-20(15)16(21)18-10-12-5-2-3-6-13(12)17/h2-3,5-6,9,15H,4,7-8,10H2,1H3,(H,18,21)/t15-/m0/s1. The molecule has 1 fully saturated rings. The van der Waals surface area contributed by atoms with Gasteiger partial charge in [-0.3, -0.25) is 0 Å². The Labute approximate surface area is 128 Å². The van der Waals surface area contributed by atoms with Gasteiger partial charge in [-0.15, -0.1) is 0 Å². The molecule has 0 bridgehead atoms. The van der Waals surface area contributed by atoms with Crippen molar-refractivity contribution in [2.45, 2.75) is 32.4 Å². The van der Waals surface area contributed by atoms with Gasteiger partial charge < -0.3 is 14.7 Å². The van der Waals surface area contributed by atoms with Gasteiger partial charge in [0, 0.05) is 24.7 Å². The number of carbonyl (C=O) groups is 1. The summed E-state index contributed by atoms with van der Waals surface area (Å²) in [4.78, 5) is 14.1. The predicted molar refractivity (Wildman–Crippen MR) is 78.6 cm³/mol. The Bertz CT molecular complexity index is 671. The SMILES string of the molecule is Cc1cc([C@@H]2CCCN2C(=O)NCc2ccccc2F)no1. The molecule has 0 saturated carbocycles. The minimum absolute atomic E-state index is 0.0712. The van der Waals surface area contributed by atoms with E-state index < -0.39 is 0 Å². The predicted octanol–water partition coefficient (Wildman–Crippen LogP) is 3.17. The number of carbonyl (C=O) groups excluding carboxylic acids is 1. The fourth-order valence-corrected chi connectivity index (χ4v) is 2.77. The summed E-state index contributed by atoms with van der Waals surface area (Å²) in [5, 5.41) is 6.78. The number of rotatable bonds is 3. The van der Waals surface area contributed by atoms with Gasteiger partial charge in [0.15, 0.2) is 0 Å². The molecule has 2 heterocycles. The van der Waals surface area contributed by atoms with E-state index in [1.54, 1.807) is 23.1 Å². The lowest BCUT2D eigenvalue weighted by Crippen LogP contribution is -2.39. The van der Waals surface area contributed by atoms with E-state index in [1.165, 1.54) is 6.07 Å². The molecule has 6 heteroatoms. The number of aryl methyl sites for hydroxylation is 1. The Morgan fingerprint density at radius 1 is 1.50 bits per heavy atom. The van der Waals surface area contributed by atoms with Crippen LogP contribution >= 0.6 is 0 Å². The van der Waals surface area contributed by atoms with E-state index in [4.69, 9.17) is 4.52 Å². The van der Waals surface area contributed by atoms with Gasteiger partial charge in [0.25, 0.3) is 0 Å². The number of halogens is 1. The first-order chi connectivity index (χ1) is 10.6. The molecule has 1 aromatic carbocycles. The summed E-state index contributed by atoms with van der Waals surface area (Å²) < 4.78 is 18.7. The number of nitrogens with one attached hydrogen (secondary N) is 1. The van der Waals surface area contributed by atoms with E-state index in [-0.39, 0.29) is 24.4 Å². The highest BCUT2D eigenvalue weighted by Gasteiger charge is 2.32. The number of aromatic nitrogens is 1. The summed E-state index contributed by atoms with van der Waals surface area (Å²) in [5.74, 6) is 0.418. The van der Waals surface area contributed by atoms with E-state index in [9.17, 15) is 9.18 Å². The summed E-state index contributed by atoms with van der Waals surface area (Å²) >= 11 is 0. The van der Waals surface area contributed by atoms with Crippen molar-refractivity contribution >= 4 is 6.03 Å². The third-order valence-corrected chi connectivity index (χ3v) is 3.89. The highest BCUT2D eigenvalue weighted by atomic mass is 19.1. The van der Waals surface area contributed by atoms with Crippen molar-refractivity contribution in [1.82, 2.24) is 15.4 Å². The molecule has 22 heavy (non-hydrogen) atoms. The number of hydrogen-bond donors (Lipinski definition) is 1. The van der Waals surface area contributed by atoms with Crippen LogP contribution in [0.25, 0.3) is 0 Å². The van der Waals surface area contributed by atoms with Crippen molar-refractivity contribution in [1.29, 1.82) is 0 Å². The van der Waals surface area contributed by atoms with Gasteiger partial charge in [-0.05, 0) is 25.8 Å². The average molecular weight is 303 g/mol. The molecule has 116 valence electrons.